The van der Waals surface area contributed by atoms with Crippen molar-refractivity contribution in [1.29, 1.82) is 0 Å². The number of ether oxygens (including phenoxy) is 1. The van der Waals surface area contributed by atoms with Crippen LogP contribution in [0, 0.1) is 11.1 Å². The number of carbonyl (C=O) groups is 1. The van der Waals surface area contributed by atoms with Crippen LogP contribution in [0.1, 0.15) is 33.6 Å². The van der Waals surface area contributed by atoms with E-state index in [1.165, 1.54) is 6.20 Å². The average molecular weight is 324 g/mol. The third-order valence-electron chi connectivity index (χ3n) is 3.74. The second kappa shape index (κ2) is 7.12. The number of alkyl halides is 1. The van der Waals surface area contributed by atoms with Gasteiger partial charge in [0.25, 0.3) is 0 Å². The number of pyridine rings is 1. The van der Waals surface area contributed by atoms with Gasteiger partial charge in [0.2, 0.25) is 0 Å². The Balaban J connectivity index is 2.05. The van der Waals surface area contributed by atoms with Crippen LogP contribution in [0.15, 0.2) is 18.5 Å². The standard InChI is InChI=1S/C16H23FN3O3/c1-16(2,3)23-15(21)8-11-10-20(7-5-12(11)17)14-4-6-18-9-13(14)19-22/h4,6,9,11-12,19H,5,7-8,10H2,1-3H3/q-1/t11-,12-/m1/s1. The van der Waals surface area contributed by atoms with Gasteiger partial charge in [-0.2, -0.15) is 0 Å². The molecule has 1 saturated heterocycles. The zero-order valence-electron chi connectivity index (χ0n) is 13.7. The van der Waals surface area contributed by atoms with Crippen LogP contribution in [0.4, 0.5) is 15.8 Å². The monoisotopic (exact) mass is 324 g/mol. The first kappa shape index (κ1) is 17.5. The van der Waals surface area contributed by atoms with Crippen LogP contribution in [0.5, 0.6) is 0 Å². The Morgan fingerprint density at radius 2 is 2.30 bits per heavy atom. The Kier molecular flexibility index (Phi) is 5.41. The van der Waals surface area contributed by atoms with Crippen molar-refractivity contribution in [2.24, 2.45) is 5.92 Å². The van der Waals surface area contributed by atoms with Crippen molar-refractivity contribution in [3.63, 3.8) is 0 Å². The summed E-state index contributed by atoms with van der Waals surface area (Å²) in [6, 6.07) is 1.71. The fraction of sp³-hybridized carbons (Fsp3) is 0.625. The Bertz CT molecular complexity index is 548. The van der Waals surface area contributed by atoms with Gasteiger partial charge >= 0.3 is 5.97 Å². The number of hydrogen-bond donors (Lipinski definition) is 1. The fourth-order valence-electron chi connectivity index (χ4n) is 2.75. The van der Waals surface area contributed by atoms with E-state index in [0.29, 0.717) is 30.9 Å². The Labute approximate surface area is 135 Å². The number of hydrogen-bond acceptors (Lipinski definition) is 6. The zero-order valence-corrected chi connectivity index (χ0v) is 13.7. The van der Waals surface area contributed by atoms with E-state index in [1.54, 1.807) is 33.0 Å². The molecule has 7 heteroatoms. The Hall–Kier alpha value is -1.89. The summed E-state index contributed by atoms with van der Waals surface area (Å²) in [6.07, 6.45) is 2.31. The molecule has 0 spiro atoms. The minimum absolute atomic E-state index is 0.0279. The highest BCUT2D eigenvalue weighted by Gasteiger charge is 2.33. The molecule has 2 heterocycles. The van der Waals surface area contributed by atoms with Gasteiger partial charge in [-0.15, -0.1) is 0 Å². The predicted octanol–water partition coefficient (Wildman–Crippen LogP) is 2.89. The van der Waals surface area contributed by atoms with E-state index in [1.807, 2.05) is 10.4 Å². The summed E-state index contributed by atoms with van der Waals surface area (Å²) in [5, 5.41) is 11.0. The third kappa shape index (κ3) is 4.79. The molecule has 1 aliphatic heterocycles. The number of anilines is 2. The molecule has 0 aliphatic carbocycles. The van der Waals surface area contributed by atoms with Gasteiger partial charge in [-0.3, -0.25) is 9.78 Å². The summed E-state index contributed by atoms with van der Waals surface area (Å²) in [5.41, 5.74) is 2.29. The second-order valence-corrected chi connectivity index (χ2v) is 6.80. The minimum Gasteiger partial charge on any atom is -0.761 e. The average Bonchev–Trinajstić information content (AvgIpc) is 2.47. The minimum atomic E-state index is -1.05. The van der Waals surface area contributed by atoms with Gasteiger partial charge in [0.05, 0.1) is 24.0 Å². The van der Waals surface area contributed by atoms with E-state index in [-0.39, 0.29) is 6.42 Å². The summed E-state index contributed by atoms with van der Waals surface area (Å²) in [4.78, 5) is 17.8. The fourth-order valence-corrected chi connectivity index (χ4v) is 2.75. The normalized spacial score (nSPS) is 21.9. The molecule has 2 rings (SSSR count). The van der Waals surface area contributed by atoms with Crippen molar-refractivity contribution in [1.82, 2.24) is 4.98 Å². The first-order valence-corrected chi connectivity index (χ1v) is 7.73. The molecule has 1 N–H and O–H groups in total. The smallest absolute Gasteiger partial charge is 0.306 e. The predicted molar refractivity (Wildman–Crippen MR) is 86.9 cm³/mol. The van der Waals surface area contributed by atoms with Crippen LogP contribution >= 0.6 is 0 Å². The summed E-state index contributed by atoms with van der Waals surface area (Å²) >= 11 is 0. The van der Waals surface area contributed by atoms with Gasteiger partial charge in [-0.05, 0) is 33.3 Å². The van der Waals surface area contributed by atoms with Crippen molar-refractivity contribution >= 4 is 17.3 Å². The molecule has 1 aromatic heterocycles. The molecular weight excluding hydrogens is 301 g/mol. The lowest BCUT2D eigenvalue weighted by Crippen LogP contribution is -2.43. The summed E-state index contributed by atoms with van der Waals surface area (Å²) < 4.78 is 19.5. The molecule has 0 aromatic carbocycles. The van der Waals surface area contributed by atoms with Gasteiger partial charge in [-0.1, -0.05) is 0 Å². The van der Waals surface area contributed by atoms with Gasteiger partial charge in [-0.25, -0.2) is 4.39 Å². The van der Waals surface area contributed by atoms with Crippen molar-refractivity contribution in [3.8, 4) is 0 Å². The highest BCUT2D eigenvalue weighted by molar-refractivity contribution is 5.71. The molecule has 1 aromatic rings. The zero-order chi connectivity index (χ0) is 17.0. The maximum Gasteiger partial charge on any atom is 0.306 e. The molecule has 0 radical (unpaired) electrons. The van der Waals surface area contributed by atoms with Gasteiger partial charge in [0.15, 0.2) is 0 Å². The Morgan fingerprint density at radius 3 is 2.96 bits per heavy atom. The van der Waals surface area contributed by atoms with Crippen LogP contribution in [0.25, 0.3) is 0 Å². The van der Waals surface area contributed by atoms with Crippen LogP contribution < -0.4 is 10.4 Å². The number of rotatable bonds is 4. The summed E-state index contributed by atoms with van der Waals surface area (Å²) in [7, 11) is 0. The molecule has 0 saturated carbocycles. The van der Waals surface area contributed by atoms with E-state index in [4.69, 9.17) is 4.74 Å². The summed E-state index contributed by atoms with van der Waals surface area (Å²) in [6.45, 7) is 6.21. The maximum atomic E-state index is 14.2. The Morgan fingerprint density at radius 1 is 1.57 bits per heavy atom. The van der Waals surface area contributed by atoms with Gasteiger partial charge in [0.1, 0.15) is 11.8 Å². The highest BCUT2D eigenvalue weighted by atomic mass is 19.1. The van der Waals surface area contributed by atoms with Crippen molar-refractivity contribution in [3.05, 3.63) is 23.7 Å². The van der Waals surface area contributed by atoms with Crippen molar-refractivity contribution in [2.75, 3.05) is 23.5 Å². The van der Waals surface area contributed by atoms with Crippen molar-refractivity contribution in [2.45, 2.75) is 45.4 Å². The molecule has 1 fully saturated rings. The van der Waals surface area contributed by atoms with E-state index < -0.39 is 23.7 Å². The largest absolute Gasteiger partial charge is 0.761 e. The molecule has 6 nitrogen and oxygen atoms in total. The number of carbonyl (C=O) groups excluding carboxylic acids is 1. The molecular formula is C16H23FN3O3-. The van der Waals surface area contributed by atoms with Crippen LogP contribution in [0.3, 0.4) is 0 Å². The number of aromatic nitrogens is 1. The first-order valence-electron chi connectivity index (χ1n) is 7.73. The van der Waals surface area contributed by atoms with E-state index in [2.05, 4.69) is 4.98 Å². The lowest BCUT2D eigenvalue weighted by atomic mass is 9.92. The summed E-state index contributed by atoms with van der Waals surface area (Å²) in [5.74, 6) is -0.852. The SMILES string of the molecule is CC(C)(C)OC(=O)C[C@@H]1CN(c2ccncc2N[O-])CC[C@H]1F. The van der Waals surface area contributed by atoms with Crippen LogP contribution in [-0.4, -0.2) is 35.8 Å². The molecule has 2 atom stereocenters. The van der Waals surface area contributed by atoms with Gasteiger partial charge < -0.3 is 20.3 Å². The lowest BCUT2D eigenvalue weighted by molar-refractivity contribution is -0.156. The topological polar surface area (TPSA) is 77.5 Å². The third-order valence-corrected chi connectivity index (χ3v) is 3.74. The molecule has 23 heavy (non-hydrogen) atoms. The highest BCUT2D eigenvalue weighted by Crippen LogP contribution is 2.31. The van der Waals surface area contributed by atoms with E-state index in [9.17, 15) is 14.4 Å². The number of halogens is 1. The quantitative estimate of drug-likeness (QED) is 0.678. The number of nitrogens with zero attached hydrogens (tertiary/aromatic N) is 2. The van der Waals surface area contributed by atoms with E-state index in [0.717, 1.165) is 0 Å². The molecule has 1 aliphatic rings. The van der Waals surface area contributed by atoms with E-state index >= 15 is 0 Å². The van der Waals surface area contributed by atoms with Crippen molar-refractivity contribution < 1.29 is 13.9 Å². The maximum absolute atomic E-state index is 14.2. The number of piperidine rings is 1. The number of esters is 1. The molecule has 0 bridgehead atoms. The molecule has 128 valence electrons. The number of nitrogens with one attached hydrogen (secondary N) is 1. The van der Waals surface area contributed by atoms with Crippen LogP contribution in [0.2, 0.25) is 0 Å². The molecule has 0 unspecified atom stereocenters. The molecule has 0 amide bonds. The second-order valence-electron chi connectivity index (χ2n) is 6.80. The van der Waals surface area contributed by atoms with Crippen LogP contribution in [-0.2, 0) is 9.53 Å². The lowest BCUT2D eigenvalue weighted by Gasteiger charge is -2.37. The first-order chi connectivity index (χ1) is 10.8. The van der Waals surface area contributed by atoms with Gasteiger partial charge in [0, 0.05) is 25.2 Å².